The highest BCUT2D eigenvalue weighted by atomic mass is 19.4. The Morgan fingerprint density at radius 2 is 2.00 bits per heavy atom. The van der Waals surface area contributed by atoms with E-state index in [4.69, 9.17) is 5.73 Å². The molecule has 0 amide bonds. The Kier molecular flexibility index (Phi) is 4.17. The molecule has 1 atom stereocenters. The molecule has 0 aliphatic carbocycles. The Balaban J connectivity index is 2.94. The minimum absolute atomic E-state index is 0.0180. The first-order chi connectivity index (χ1) is 7.83. The van der Waals surface area contributed by atoms with Crippen LogP contribution in [-0.4, -0.2) is 18.1 Å². The third kappa shape index (κ3) is 4.10. The number of hydrogen-bond acceptors (Lipinski definition) is 3. The monoisotopic (exact) mass is 253 g/mol. The number of ether oxygens (including phenoxy) is 1. The number of halogens is 4. The van der Waals surface area contributed by atoms with Gasteiger partial charge in [-0.15, -0.1) is 13.2 Å². The van der Waals surface area contributed by atoms with Crippen LogP contribution in [0, 0.1) is 0 Å². The molecule has 1 aromatic carbocycles. The largest absolute Gasteiger partial charge is 0.573 e. The molecule has 17 heavy (non-hydrogen) atoms. The van der Waals surface area contributed by atoms with E-state index < -0.39 is 24.8 Å². The molecular formula is C10H11F4NO2. The number of rotatable bonds is 4. The Hall–Kier alpha value is -1.50. The minimum atomic E-state index is -4.82. The third-order valence-corrected chi connectivity index (χ3v) is 2.05. The van der Waals surface area contributed by atoms with Gasteiger partial charge in [0.1, 0.15) is 11.5 Å². The summed E-state index contributed by atoms with van der Waals surface area (Å²) in [5, 5.41) is 9.39. The topological polar surface area (TPSA) is 55.5 Å². The van der Waals surface area contributed by atoms with Crippen molar-refractivity contribution in [2.45, 2.75) is 18.8 Å². The molecule has 0 spiro atoms. The fraction of sp³-hybridized carbons (Fsp3) is 0.400. The second-order valence-corrected chi connectivity index (χ2v) is 3.35. The lowest BCUT2D eigenvalue weighted by Crippen LogP contribution is -2.18. The maximum absolute atomic E-state index is 12.1. The molecule has 96 valence electrons. The Morgan fingerprint density at radius 3 is 2.53 bits per heavy atom. The van der Waals surface area contributed by atoms with E-state index >= 15 is 0 Å². The average molecular weight is 253 g/mol. The molecule has 0 saturated carbocycles. The van der Waals surface area contributed by atoms with Gasteiger partial charge >= 0.3 is 6.36 Å². The van der Waals surface area contributed by atoms with Gasteiger partial charge in [-0.3, -0.25) is 4.39 Å². The van der Waals surface area contributed by atoms with E-state index in [0.29, 0.717) is 0 Å². The van der Waals surface area contributed by atoms with Crippen LogP contribution in [0.1, 0.15) is 18.0 Å². The van der Waals surface area contributed by atoms with E-state index in [0.717, 1.165) is 18.2 Å². The van der Waals surface area contributed by atoms with Crippen molar-refractivity contribution in [1.82, 2.24) is 0 Å². The van der Waals surface area contributed by atoms with Gasteiger partial charge in [0.05, 0.1) is 6.67 Å². The second kappa shape index (κ2) is 5.22. The van der Waals surface area contributed by atoms with E-state index in [1.807, 2.05) is 0 Å². The van der Waals surface area contributed by atoms with Crippen LogP contribution in [0.25, 0.3) is 0 Å². The highest BCUT2D eigenvalue weighted by Gasteiger charge is 2.31. The van der Waals surface area contributed by atoms with Crippen LogP contribution in [0.2, 0.25) is 0 Å². The zero-order chi connectivity index (χ0) is 13.1. The number of aromatic hydroxyl groups is 1. The molecule has 1 rings (SSSR count). The van der Waals surface area contributed by atoms with Gasteiger partial charge in [0.25, 0.3) is 0 Å². The second-order valence-electron chi connectivity index (χ2n) is 3.35. The lowest BCUT2D eigenvalue weighted by atomic mass is 10.0. The van der Waals surface area contributed by atoms with Gasteiger partial charge in [0.2, 0.25) is 0 Å². The molecule has 0 heterocycles. The number of nitrogens with two attached hydrogens (primary N) is 1. The van der Waals surface area contributed by atoms with Crippen LogP contribution in [0.4, 0.5) is 17.6 Å². The Morgan fingerprint density at radius 1 is 1.35 bits per heavy atom. The van der Waals surface area contributed by atoms with E-state index in [9.17, 15) is 22.7 Å². The first kappa shape index (κ1) is 13.6. The van der Waals surface area contributed by atoms with Gasteiger partial charge in [-0.2, -0.15) is 0 Å². The number of phenolic OH excluding ortho intramolecular Hbond substituents is 1. The number of benzene rings is 1. The molecule has 0 fully saturated rings. The fourth-order valence-electron chi connectivity index (χ4n) is 1.30. The lowest BCUT2D eigenvalue weighted by Gasteiger charge is -2.14. The summed E-state index contributed by atoms with van der Waals surface area (Å²) in [4.78, 5) is 0. The quantitative estimate of drug-likeness (QED) is 0.811. The predicted molar refractivity (Wildman–Crippen MR) is 52.3 cm³/mol. The predicted octanol–water partition coefficient (Wildman–Crippen LogP) is 2.65. The zero-order valence-electron chi connectivity index (χ0n) is 8.67. The lowest BCUT2D eigenvalue weighted by molar-refractivity contribution is -0.274. The average Bonchev–Trinajstić information content (AvgIpc) is 2.19. The van der Waals surface area contributed by atoms with Crippen LogP contribution >= 0.6 is 0 Å². The molecule has 0 saturated heterocycles. The van der Waals surface area contributed by atoms with E-state index in [2.05, 4.69) is 4.74 Å². The van der Waals surface area contributed by atoms with Crippen LogP contribution in [0.3, 0.4) is 0 Å². The van der Waals surface area contributed by atoms with Crippen molar-refractivity contribution in [1.29, 1.82) is 0 Å². The van der Waals surface area contributed by atoms with E-state index in [1.54, 1.807) is 0 Å². The van der Waals surface area contributed by atoms with Gasteiger partial charge in [0, 0.05) is 11.6 Å². The van der Waals surface area contributed by atoms with Crippen molar-refractivity contribution in [2.24, 2.45) is 5.73 Å². The molecule has 3 N–H and O–H groups in total. The Bertz CT molecular complexity index is 381. The number of alkyl halides is 4. The van der Waals surface area contributed by atoms with Crippen molar-refractivity contribution in [3.63, 3.8) is 0 Å². The molecule has 1 aromatic rings. The Labute approximate surface area is 94.8 Å². The smallest absolute Gasteiger partial charge is 0.508 e. The van der Waals surface area contributed by atoms with Crippen LogP contribution < -0.4 is 10.5 Å². The van der Waals surface area contributed by atoms with E-state index in [1.165, 1.54) is 0 Å². The highest BCUT2D eigenvalue weighted by molar-refractivity contribution is 5.41. The standard InChI is InChI=1S/C10H11F4NO2/c11-4-3-8(15)7-5-6(1-2-9(7)16)17-10(12,13)14/h1-2,5,8,16H,3-4,15H2/t8-/m1/s1. The summed E-state index contributed by atoms with van der Waals surface area (Å²) < 4.78 is 51.6. The first-order valence-corrected chi connectivity index (χ1v) is 4.73. The van der Waals surface area contributed by atoms with Gasteiger partial charge in [0.15, 0.2) is 0 Å². The summed E-state index contributed by atoms with van der Waals surface area (Å²) in [5.41, 5.74) is 5.52. The molecular weight excluding hydrogens is 242 g/mol. The highest BCUT2D eigenvalue weighted by Crippen LogP contribution is 2.31. The summed E-state index contributed by atoms with van der Waals surface area (Å²) >= 11 is 0. The number of hydrogen-bond donors (Lipinski definition) is 2. The van der Waals surface area contributed by atoms with Crippen molar-refractivity contribution >= 4 is 0 Å². The first-order valence-electron chi connectivity index (χ1n) is 4.73. The summed E-state index contributed by atoms with van der Waals surface area (Å²) in [7, 11) is 0. The summed E-state index contributed by atoms with van der Waals surface area (Å²) in [6, 6.07) is 2.04. The van der Waals surface area contributed by atoms with Crippen molar-refractivity contribution in [2.75, 3.05) is 6.67 Å². The molecule has 0 bridgehead atoms. The molecule has 0 aliphatic rings. The normalized spacial score (nSPS) is 13.5. The molecule has 7 heteroatoms. The van der Waals surface area contributed by atoms with Gasteiger partial charge < -0.3 is 15.6 Å². The molecule has 0 unspecified atom stereocenters. The van der Waals surface area contributed by atoms with Gasteiger partial charge in [-0.05, 0) is 24.6 Å². The molecule has 0 aromatic heterocycles. The minimum Gasteiger partial charge on any atom is -0.508 e. The van der Waals surface area contributed by atoms with Crippen LogP contribution in [-0.2, 0) is 0 Å². The van der Waals surface area contributed by atoms with Crippen molar-refractivity contribution < 1.29 is 27.4 Å². The summed E-state index contributed by atoms with van der Waals surface area (Å²) in [6.45, 7) is -0.731. The summed E-state index contributed by atoms with van der Waals surface area (Å²) in [5.74, 6) is -0.792. The zero-order valence-corrected chi connectivity index (χ0v) is 8.67. The third-order valence-electron chi connectivity index (χ3n) is 2.05. The maximum Gasteiger partial charge on any atom is 0.573 e. The fourth-order valence-corrected chi connectivity index (χ4v) is 1.30. The SMILES string of the molecule is N[C@H](CCF)c1cc(OC(F)(F)F)ccc1O. The number of phenols is 1. The van der Waals surface area contributed by atoms with Crippen LogP contribution in [0.5, 0.6) is 11.5 Å². The van der Waals surface area contributed by atoms with Crippen molar-refractivity contribution in [3.05, 3.63) is 23.8 Å². The van der Waals surface area contributed by atoms with E-state index in [-0.39, 0.29) is 17.7 Å². The van der Waals surface area contributed by atoms with Crippen molar-refractivity contribution in [3.8, 4) is 11.5 Å². The molecule has 0 radical (unpaired) electrons. The summed E-state index contributed by atoms with van der Waals surface area (Å²) in [6.07, 6.45) is -4.92. The van der Waals surface area contributed by atoms with Gasteiger partial charge in [-0.1, -0.05) is 0 Å². The van der Waals surface area contributed by atoms with Gasteiger partial charge in [-0.25, -0.2) is 0 Å². The molecule has 0 aliphatic heterocycles. The maximum atomic E-state index is 12.1. The molecule has 3 nitrogen and oxygen atoms in total. The van der Waals surface area contributed by atoms with Crippen LogP contribution in [0.15, 0.2) is 18.2 Å².